The molecule has 0 fully saturated rings. The maximum atomic E-state index is 11.2. The van der Waals surface area contributed by atoms with Crippen molar-refractivity contribution in [2.24, 2.45) is 0 Å². The molecular formula is C3H5F3OSi. The van der Waals surface area contributed by atoms with Crippen LogP contribution in [0.4, 0.5) is 13.2 Å². The summed E-state index contributed by atoms with van der Waals surface area (Å²) in [5, 5.41) is 0. The van der Waals surface area contributed by atoms with E-state index in [2.05, 4.69) is 0 Å². The molecule has 0 spiro atoms. The second-order valence-corrected chi connectivity index (χ2v) is 3.09. The van der Waals surface area contributed by atoms with Crippen LogP contribution in [0.25, 0.3) is 0 Å². The predicted octanol–water partition coefficient (Wildman–Crippen LogP) is 0.475. The minimum absolute atomic E-state index is 0.782. The van der Waals surface area contributed by atoms with Crippen LogP contribution in [0.3, 0.4) is 0 Å². The molecule has 0 saturated carbocycles. The quantitative estimate of drug-likeness (QED) is 0.487. The number of alkyl halides is 3. The largest absolute Gasteiger partial charge is 0.560 e. The van der Waals surface area contributed by atoms with Crippen molar-refractivity contribution in [2.75, 3.05) is 0 Å². The highest BCUT2D eigenvalue weighted by Crippen LogP contribution is 2.12. The zero-order valence-corrected chi connectivity index (χ0v) is 5.16. The van der Waals surface area contributed by atoms with E-state index in [4.69, 9.17) is 4.80 Å². The summed E-state index contributed by atoms with van der Waals surface area (Å²) in [5.74, 6) is -4.39. The van der Waals surface area contributed by atoms with E-state index in [-0.39, 0.29) is 0 Å². The van der Waals surface area contributed by atoms with Crippen LogP contribution in [-0.2, 0) is 0 Å². The minimum Gasteiger partial charge on any atom is -0.560 e. The third kappa shape index (κ3) is 2.11. The topological polar surface area (TPSA) is 20.2 Å². The zero-order chi connectivity index (χ0) is 6.78. The molecule has 0 unspecified atom stereocenters. The van der Waals surface area contributed by atoms with Crippen molar-refractivity contribution in [3.05, 3.63) is 0 Å². The lowest BCUT2D eigenvalue weighted by Gasteiger charge is -1.99. The van der Waals surface area contributed by atoms with Gasteiger partial charge in [0.2, 0.25) is 0 Å². The molecule has 0 aromatic rings. The van der Waals surface area contributed by atoms with Gasteiger partial charge in [0, 0.05) is 0 Å². The Bertz CT molecular complexity index is 106. The summed E-state index contributed by atoms with van der Waals surface area (Å²) < 4.78 is 33.6. The fourth-order valence-electron chi connectivity index (χ4n) is 0.164. The molecule has 1 N–H and O–H groups in total. The highest BCUT2D eigenvalue weighted by molar-refractivity contribution is 6.60. The Morgan fingerprint density at radius 1 is 1.50 bits per heavy atom. The fourth-order valence-corrected chi connectivity index (χ4v) is 0.491. The Kier molecular flexibility index (Phi) is 2.21. The van der Waals surface area contributed by atoms with E-state index in [9.17, 15) is 13.2 Å². The summed E-state index contributed by atoms with van der Waals surface area (Å²) >= 11 is 0. The molecule has 0 bridgehead atoms. The first-order chi connectivity index (χ1) is 3.48. The van der Waals surface area contributed by atoms with Gasteiger partial charge in [-0.15, -0.1) is 0 Å². The molecule has 48 valence electrons. The second kappa shape index (κ2) is 2.30. The van der Waals surface area contributed by atoms with E-state index in [1.54, 1.807) is 0 Å². The lowest BCUT2D eigenvalue weighted by Crippen LogP contribution is -2.26. The lowest BCUT2D eigenvalue weighted by molar-refractivity contribution is -0.0574. The standard InChI is InChI=1S/C3H5F3OSi/c1-2-8(7)3(4,5)6/h2,7H,1H3. The highest BCUT2D eigenvalue weighted by atomic mass is 28.3. The molecule has 0 heterocycles. The zero-order valence-electron chi connectivity index (χ0n) is 4.16. The average Bonchev–Trinajstić information content (AvgIpc) is 1.62. The third-order valence-electron chi connectivity index (χ3n) is 0.564. The summed E-state index contributed by atoms with van der Waals surface area (Å²) in [4.78, 5) is 8.12. The van der Waals surface area contributed by atoms with Crippen molar-refractivity contribution in [1.29, 1.82) is 0 Å². The maximum Gasteiger partial charge on any atom is 0.418 e. The molecule has 0 aliphatic carbocycles. The molecule has 0 aliphatic rings. The van der Waals surface area contributed by atoms with E-state index in [1.165, 1.54) is 6.92 Å². The summed E-state index contributed by atoms with van der Waals surface area (Å²) in [6.45, 7) is 1.20. The molecule has 5 heteroatoms. The van der Waals surface area contributed by atoms with E-state index < -0.39 is 14.5 Å². The SMILES string of the molecule is CC=[Si](O)C(F)(F)F. The van der Waals surface area contributed by atoms with E-state index in [0.29, 0.717) is 0 Å². The Hall–Kier alpha value is -0.323. The molecule has 0 rings (SSSR count). The van der Waals surface area contributed by atoms with E-state index in [0.717, 1.165) is 5.67 Å². The van der Waals surface area contributed by atoms with Crippen LogP contribution < -0.4 is 0 Å². The molecule has 0 atom stereocenters. The molecule has 0 amide bonds. The van der Waals surface area contributed by atoms with Crippen LogP contribution in [0.1, 0.15) is 6.92 Å². The van der Waals surface area contributed by atoms with Gasteiger partial charge in [0.05, 0.1) is 0 Å². The van der Waals surface area contributed by atoms with E-state index >= 15 is 0 Å². The number of halogens is 3. The van der Waals surface area contributed by atoms with Gasteiger partial charge < -0.3 is 4.80 Å². The summed E-state index contributed by atoms with van der Waals surface area (Å²) in [5.41, 5.74) is 0.782. The Balaban J connectivity index is 4.03. The first kappa shape index (κ1) is 7.68. The highest BCUT2D eigenvalue weighted by Gasteiger charge is 2.34. The molecular weight excluding hydrogens is 137 g/mol. The number of hydrogen-bond acceptors (Lipinski definition) is 1. The van der Waals surface area contributed by atoms with Gasteiger partial charge in [-0.05, 0) is 6.92 Å². The van der Waals surface area contributed by atoms with Crippen LogP contribution >= 0.6 is 0 Å². The molecule has 0 aromatic heterocycles. The van der Waals surface area contributed by atoms with Gasteiger partial charge in [-0.25, -0.2) is 0 Å². The summed E-state index contributed by atoms with van der Waals surface area (Å²) in [6, 6.07) is 0. The van der Waals surface area contributed by atoms with Crippen molar-refractivity contribution in [2.45, 2.75) is 12.7 Å². The predicted molar refractivity (Wildman–Crippen MR) is 25.8 cm³/mol. The molecule has 0 aliphatic heterocycles. The monoisotopic (exact) mass is 142 g/mol. The lowest BCUT2D eigenvalue weighted by atomic mass is 11.0. The van der Waals surface area contributed by atoms with Gasteiger partial charge in [0.1, 0.15) is 0 Å². The van der Waals surface area contributed by atoms with Gasteiger partial charge >= 0.3 is 14.5 Å². The Morgan fingerprint density at radius 3 is 1.88 bits per heavy atom. The van der Waals surface area contributed by atoms with Gasteiger partial charge in [-0.3, -0.25) is 0 Å². The van der Waals surface area contributed by atoms with Crippen molar-refractivity contribution >= 4 is 14.3 Å². The van der Waals surface area contributed by atoms with Crippen LogP contribution in [0.5, 0.6) is 0 Å². The van der Waals surface area contributed by atoms with Gasteiger partial charge in [-0.2, -0.15) is 13.2 Å². The minimum atomic E-state index is -4.39. The van der Waals surface area contributed by atoms with Crippen LogP contribution in [-0.4, -0.2) is 24.9 Å². The van der Waals surface area contributed by atoms with Crippen molar-refractivity contribution in [3.8, 4) is 0 Å². The average molecular weight is 142 g/mol. The molecule has 0 aromatic carbocycles. The molecule has 0 radical (unpaired) electrons. The van der Waals surface area contributed by atoms with Gasteiger partial charge in [-0.1, -0.05) is 5.67 Å². The first-order valence-corrected chi connectivity index (χ1v) is 3.43. The number of hydrogen-bond donors (Lipinski definition) is 1. The van der Waals surface area contributed by atoms with Gasteiger partial charge in [0.25, 0.3) is 0 Å². The van der Waals surface area contributed by atoms with Crippen molar-refractivity contribution < 1.29 is 18.0 Å². The van der Waals surface area contributed by atoms with Crippen LogP contribution in [0, 0.1) is 0 Å². The maximum absolute atomic E-state index is 11.2. The normalized spacial score (nSPS) is 14.2. The first-order valence-electron chi connectivity index (χ1n) is 1.91. The van der Waals surface area contributed by atoms with Crippen LogP contribution in [0.2, 0.25) is 0 Å². The Labute approximate surface area is 46.1 Å². The third-order valence-corrected chi connectivity index (χ3v) is 1.69. The smallest absolute Gasteiger partial charge is 0.418 e. The van der Waals surface area contributed by atoms with E-state index in [1.807, 2.05) is 0 Å². The number of rotatable bonds is 0. The molecule has 1 nitrogen and oxygen atoms in total. The van der Waals surface area contributed by atoms with Crippen molar-refractivity contribution in [1.82, 2.24) is 0 Å². The van der Waals surface area contributed by atoms with Gasteiger partial charge in [0.15, 0.2) is 0 Å². The molecule has 0 saturated heterocycles. The second-order valence-electron chi connectivity index (χ2n) is 1.17. The summed E-state index contributed by atoms with van der Waals surface area (Å²) in [6.07, 6.45) is 0. The Morgan fingerprint density at radius 2 is 1.88 bits per heavy atom. The summed E-state index contributed by atoms with van der Waals surface area (Å²) in [7, 11) is -3.17. The molecule has 8 heavy (non-hydrogen) atoms. The fraction of sp³-hybridized carbons (Fsp3) is 0.667. The van der Waals surface area contributed by atoms with Crippen molar-refractivity contribution in [3.63, 3.8) is 0 Å². The van der Waals surface area contributed by atoms with Crippen LogP contribution in [0.15, 0.2) is 0 Å².